The van der Waals surface area contributed by atoms with E-state index in [1.165, 1.54) is 19.1 Å². The summed E-state index contributed by atoms with van der Waals surface area (Å²) in [7, 11) is -3.31. The minimum absolute atomic E-state index is 0.0210. The van der Waals surface area contributed by atoms with Gasteiger partial charge in [0.1, 0.15) is 0 Å². The van der Waals surface area contributed by atoms with Crippen LogP contribution in [0, 0.1) is 0 Å². The Morgan fingerprint density at radius 2 is 1.37 bits per heavy atom. The van der Waals surface area contributed by atoms with E-state index >= 15 is 0 Å². The molecule has 27 heavy (non-hydrogen) atoms. The number of hydrogen-bond donors (Lipinski definition) is 1. The third kappa shape index (κ3) is 8.24. The zero-order valence-corrected chi connectivity index (χ0v) is 17.5. The second kappa shape index (κ2) is 12.6. The fourth-order valence-corrected chi connectivity index (χ4v) is 3.69. The highest BCUT2D eigenvalue weighted by molar-refractivity contribution is 7.54. The van der Waals surface area contributed by atoms with E-state index in [0.29, 0.717) is 0 Å². The van der Waals surface area contributed by atoms with Gasteiger partial charge in [-0.15, -0.1) is 0 Å². The van der Waals surface area contributed by atoms with Crippen LogP contribution in [0.25, 0.3) is 0 Å². The lowest BCUT2D eigenvalue weighted by Crippen LogP contribution is -2.60. The van der Waals surface area contributed by atoms with Crippen molar-refractivity contribution >= 4 is 25.4 Å². The fourth-order valence-electron chi connectivity index (χ4n) is 2.21. The van der Waals surface area contributed by atoms with E-state index in [1.807, 2.05) is 0 Å². The molecule has 0 rings (SSSR count). The van der Waals surface area contributed by atoms with Crippen molar-refractivity contribution < 1.29 is 37.5 Å². The maximum absolute atomic E-state index is 12.4. The van der Waals surface area contributed by atoms with Crippen LogP contribution in [0.5, 0.6) is 0 Å². The van der Waals surface area contributed by atoms with Crippen LogP contribution < -0.4 is 5.32 Å². The standard InChI is InChI=1S/C17H30NO8P/c1-6-23-15(20)17(18-14(5)19,16(21)24-7-2)12-10-11-13-27(22,25-8-3)26-9-4/h10-11H,6-9,12-13H2,1-5H3,(H,18,19)/b11-10+. The van der Waals surface area contributed by atoms with Crippen LogP contribution in [0.4, 0.5) is 0 Å². The second-order valence-electron chi connectivity index (χ2n) is 5.33. The van der Waals surface area contributed by atoms with Crippen molar-refractivity contribution in [2.75, 3.05) is 32.6 Å². The Labute approximate surface area is 160 Å². The van der Waals surface area contributed by atoms with Gasteiger partial charge in [-0.1, -0.05) is 12.2 Å². The minimum Gasteiger partial charge on any atom is -0.464 e. The van der Waals surface area contributed by atoms with Gasteiger partial charge in [0.2, 0.25) is 11.4 Å². The van der Waals surface area contributed by atoms with Crippen molar-refractivity contribution in [1.82, 2.24) is 5.32 Å². The van der Waals surface area contributed by atoms with Crippen LogP contribution in [-0.4, -0.2) is 56.0 Å². The van der Waals surface area contributed by atoms with E-state index in [9.17, 15) is 18.9 Å². The molecule has 0 aliphatic carbocycles. The Kier molecular flexibility index (Phi) is 11.8. The van der Waals surface area contributed by atoms with Crippen LogP contribution in [0.2, 0.25) is 0 Å². The first kappa shape index (κ1) is 25.3. The summed E-state index contributed by atoms with van der Waals surface area (Å²) in [6.45, 7) is 8.20. The van der Waals surface area contributed by atoms with Gasteiger partial charge in [0.25, 0.3) is 0 Å². The Morgan fingerprint density at radius 3 is 1.74 bits per heavy atom. The van der Waals surface area contributed by atoms with Gasteiger partial charge in [-0.05, 0) is 27.7 Å². The van der Waals surface area contributed by atoms with Gasteiger partial charge >= 0.3 is 19.5 Å². The number of carbonyl (C=O) groups is 3. The molecule has 1 N–H and O–H groups in total. The first-order valence-electron chi connectivity index (χ1n) is 8.87. The summed E-state index contributed by atoms with van der Waals surface area (Å²) in [4.78, 5) is 36.5. The van der Waals surface area contributed by atoms with E-state index < -0.39 is 31.0 Å². The van der Waals surface area contributed by atoms with Crippen LogP contribution in [0.15, 0.2) is 12.2 Å². The molecule has 0 atom stereocenters. The molecule has 0 unspecified atom stereocenters. The Morgan fingerprint density at radius 1 is 0.889 bits per heavy atom. The molecule has 0 aliphatic heterocycles. The molecule has 0 radical (unpaired) electrons. The lowest BCUT2D eigenvalue weighted by atomic mass is 9.94. The van der Waals surface area contributed by atoms with Crippen molar-refractivity contribution in [1.29, 1.82) is 0 Å². The molecule has 0 heterocycles. The van der Waals surface area contributed by atoms with Gasteiger partial charge in [0.05, 0.1) is 32.6 Å². The molecule has 0 spiro atoms. The summed E-state index contributed by atoms with van der Waals surface area (Å²) < 4.78 is 32.7. The molecule has 1 amide bonds. The molecule has 0 saturated carbocycles. The minimum atomic E-state index is -3.31. The van der Waals surface area contributed by atoms with Crippen LogP contribution >= 0.6 is 7.60 Å². The Balaban J connectivity index is 5.55. The van der Waals surface area contributed by atoms with E-state index in [4.69, 9.17) is 18.5 Å². The number of rotatable bonds is 13. The highest BCUT2D eigenvalue weighted by Crippen LogP contribution is 2.47. The van der Waals surface area contributed by atoms with Crippen molar-refractivity contribution in [3.8, 4) is 0 Å². The zero-order chi connectivity index (χ0) is 20.9. The molecular formula is C17H30NO8P. The van der Waals surface area contributed by atoms with Crippen molar-refractivity contribution in [3.05, 3.63) is 12.2 Å². The third-order valence-corrected chi connectivity index (χ3v) is 5.17. The maximum atomic E-state index is 12.4. The van der Waals surface area contributed by atoms with Gasteiger partial charge in [0, 0.05) is 13.3 Å². The molecule has 0 bridgehead atoms. The average Bonchev–Trinajstić information content (AvgIpc) is 2.58. The Hall–Kier alpha value is -1.70. The van der Waals surface area contributed by atoms with Crippen LogP contribution in [0.1, 0.15) is 41.0 Å². The van der Waals surface area contributed by atoms with Crippen molar-refractivity contribution in [2.45, 2.75) is 46.6 Å². The SMILES string of the molecule is CCOC(=O)C(C/C=C/CP(=O)(OCC)OCC)(NC(C)=O)C(=O)OCC. The largest absolute Gasteiger partial charge is 0.464 e. The molecular weight excluding hydrogens is 377 g/mol. The predicted molar refractivity (Wildman–Crippen MR) is 99.3 cm³/mol. The summed E-state index contributed by atoms with van der Waals surface area (Å²) in [5, 5.41) is 2.34. The number of allylic oxidation sites excluding steroid dienone is 1. The lowest BCUT2D eigenvalue weighted by Gasteiger charge is -2.28. The zero-order valence-electron chi connectivity index (χ0n) is 16.6. The summed E-state index contributed by atoms with van der Waals surface area (Å²) in [6, 6.07) is 0. The first-order valence-corrected chi connectivity index (χ1v) is 10.6. The number of esters is 2. The van der Waals surface area contributed by atoms with Crippen molar-refractivity contribution in [3.63, 3.8) is 0 Å². The summed E-state index contributed by atoms with van der Waals surface area (Å²) in [6.07, 6.45) is 2.63. The molecule has 0 aromatic heterocycles. The summed E-state index contributed by atoms with van der Waals surface area (Å²) >= 11 is 0. The molecule has 10 heteroatoms. The van der Waals surface area contributed by atoms with Crippen LogP contribution in [-0.2, 0) is 37.5 Å². The number of hydrogen-bond acceptors (Lipinski definition) is 8. The molecule has 156 valence electrons. The smallest absolute Gasteiger partial charge is 0.344 e. The third-order valence-electron chi connectivity index (χ3n) is 3.21. The van der Waals surface area contributed by atoms with E-state index in [-0.39, 0.29) is 39.0 Å². The number of ether oxygens (including phenoxy) is 2. The normalized spacial score (nSPS) is 12.0. The highest BCUT2D eigenvalue weighted by atomic mass is 31.2. The van der Waals surface area contributed by atoms with Gasteiger partial charge in [-0.25, -0.2) is 9.59 Å². The predicted octanol–water partition coefficient (Wildman–Crippen LogP) is 2.20. The molecule has 0 aliphatic rings. The molecule has 0 saturated heterocycles. The van der Waals surface area contributed by atoms with Gasteiger partial charge in [0.15, 0.2) is 0 Å². The molecule has 0 fully saturated rings. The maximum Gasteiger partial charge on any atom is 0.344 e. The summed E-state index contributed by atoms with van der Waals surface area (Å²) in [5.41, 5.74) is -2.02. The van der Waals surface area contributed by atoms with Crippen LogP contribution in [0.3, 0.4) is 0 Å². The van der Waals surface area contributed by atoms with Crippen molar-refractivity contribution in [2.24, 2.45) is 0 Å². The fraction of sp³-hybridized carbons (Fsp3) is 0.706. The number of nitrogens with one attached hydrogen (secondary N) is 1. The average molecular weight is 407 g/mol. The molecule has 0 aromatic rings. The summed E-state index contributed by atoms with van der Waals surface area (Å²) in [5.74, 6) is -2.46. The topological polar surface area (TPSA) is 117 Å². The van der Waals surface area contributed by atoms with E-state index in [0.717, 1.165) is 0 Å². The quantitative estimate of drug-likeness (QED) is 0.214. The van der Waals surface area contributed by atoms with Gasteiger partial charge < -0.3 is 23.8 Å². The molecule has 0 aromatic carbocycles. The van der Waals surface area contributed by atoms with E-state index in [1.54, 1.807) is 27.7 Å². The number of carbonyl (C=O) groups excluding carboxylic acids is 3. The second-order valence-corrected chi connectivity index (χ2v) is 7.44. The Bertz CT molecular complexity index is 547. The number of amides is 1. The monoisotopic (exact) mass is 407 g/mol. The lowest BCUT2D eigenvalue weighted by molar-refractivity contribution is -0.167. The van der Waals surface area contributed by atoms with Gasteiger partial charge in [-0.2, -0.15) is 0 Å². The van der Waals surface area contributed by atoms with E-state index in [2.05, 4.69) is 5.32 Å². The highest BCUT2D eigenvalue weighted by Gasteiger charge is 2.49. The first-order chi connectivity index (χ1) is 12.7. The van der Waals surface area contributed by atoms with Gasteiger partial charge in [-0.3, -0.25) is 9.36 Å². The molecule has 9 nitrogen and oxygen atoms in total.